The fraction of sp³-hybridized carbons (Fsp3) is 0.917. The number of likely N-dealkylation sites (N-methyl/N-ethyl adjacent to an activating group) is 1. The van der Waals surface area contributed by atoms with Crippen LogP contribution in [0.5, 0.6) is 0 Å². The molecule has 2 N–H and O–H groups in total. The molecule has 0 saturated carbocycles. The van der Waals surface area contributed by atoms with E-state index in [4.69, 9.17) is 0 Å². The van der Waals surface area contributed by atoms with Gasteiger partial charge in [-0.25, -0.2) is 0 Å². The van der Waals surface area contributed by atoms with Crippen molar-refractivity contribution in [1.29, 1.82) is 0 Å². The first kappa shape index (κ1) is 13.5. The number of nitrogens with zero attached hydrogens (tertiary/aromatic N) is 1. The molecule has 0 radical (unpaired) electrons. The summed E-state index contributed by atoms with van der Waals surface area (Å²) in [6, 6.07) is 0.456. The van der Waals surface area contributed by atoms with Crippen LogP contribution in [0.2, 0.25) is 0 Å². The zero-order chi connectivity index (χ0) is 12.1. The van der Waals surface area contributed by atoms with Crippen molar-refractivity contribution in [2.75, 3.05) is 26.7 Å². The number of piperazine rings is 1. The molecule has 3 atom stereocenters. The predicted octanol–water partition coefficient (Wildman–Crippen LogP) is 0.441. The van der Waals surface area contributed by atoms with Gasteiger partial charge in [-0.05, 0) is 12.8 Å². The summed E-state index contributed by atoms with van der Waals surface area (Å²) in [5.74, 6) is 0.757. The second-order valence-corrected chi connectivity index (χ2v) is 4.70. The van der Waals surface area contributed by atoms with E-state index in [-0.39, 0.29) is 11.9 Å². The quantitative estimate of drug-likeness (QED) is 0.732. The Bertz CT molecular complexity index is 232. The first-order valence-corrected chi connectivity index (χ1v) is 6.29. The molecule has 0 aromatic rings. The first-order valence-electron chi connectivity index (χ1n) is 6.29. The molecule has 1 rings (SSSR count). The summed E-state index contributed by atoms with van der Waals surface area (Å²) in [4.78, 5) is 14.1. The molecule has 4 nitrogen and oxygen atoms in total. The van der Waals surface area contributed by atoms with Crippen LogP contribution in [-0.4, -0.2) is 49.6 Å². The summed E-state index contributed by atoms with van der Waals surface area (Å²) in [6.45, 7) is 9.40. The average Bonchev–Trinajstić information content (AvgIpc) is 2.35. The molecular formula is C12H25N3O. The van der Waals surface area contributed by atoms with Crippen molar-refractivity contribution in [3.63, 3.8) is 0 Å². The zero-order valence-corrected chi connectivity index (χ0v) is 10.9. The van der Waals surface area contributed by atoms with Gasteiger partial charge in [-0.2, -0.15) is 0 Å². The summed E-state index contributed by atoms with van der Waals surface area (Å²) in [5.41, 5.74) is 0. The van der Waals surface area contributed by atoms with E-state index in [9.17, 15) is 4.79 Å². The van der Waals surface area contributed by atoms with Crippen molar-refractivity contribution in [1.82, 2.24) is 15.5 Å². The van der Waals surface area contributed by atoms with Crippen LogP contribution in [0, 0.1) is 5.92 Å². The van der Waals surface area contributed by atoms with Gasteiger partial charge >= 0.3 is 0 Å². The van der Waals surface area contributed by atoms with Crippen LogP contribution in [0.3, 0.4) is 0 Å². The Morgan fingerprint density at radius 2 is 2.25 bits per heavy atom. The molecule has 0 aromatic carbocycles. The van der Waals surface area contributed by atoms with E-state index in [0.717, 1.165) is 26.1 Å². The van der Waals surface area contributed by atoms with E-state index in [1.807, 2.05) is 0 Å². The maximum Gasteiger partial charge on any atom is 0.238 e. The lowest BCUT2D eigenvalue weighted by Gasteiger charge is -2.41. The second kappa shape index (κ2) is 6.21. The summed E-state index contributed by atoms with van der Waals surface area (Å²) in [5, 5.41) is 6.05. The third-order valence-electron chi connectivity index (χ3n) is 3.82. The normalized spacial score (nSPS) is 26.1. The lowest BCUT2D eigenvalue weighted by molar-refractivity contribution is -0.128. The number of carbonyl (C=O) groups is 1. The zero-order valence-electron chi connectivity index (χ0n) is 10.9. The lowest BCUT2D eigenvalue weighted by atomic mass is 9.96. The van der Waals surface area contributed by atoms with Gasteiger partial charge in [-0.15, -0.1) is 0 Å². The van der Waals surface area contributed by atoms with E-state index in [0.29, 0.717) is 12.0 Å². The summed E-state index contributed by atoms with van der Waals surface area (Å²) in [7, 11) is 1.71. The minimum Gasteiger partial charge on any atom is -0.358 e. The molecule has 4 heteroatoms. The summed E-state index contributed by atoms with van der Waals surface area (Å²) in [6.07, 6.45) is 1.16. The van der Waals surface area contributed by atoms with Crippen LogP contribution in [0.25, 0.3) is 0 Å². The molecule has 1 aliphatic rings. The van der Waals surface area contributed by atoms with E-state index < -0.39 is 0 Å². The number of hydrogen-bond donors (Lipinski definition) is 2. The molecule has 1 heterocycles. The molecule has 0 spiro atoms. The molecule has 1 fully saturated rings. The Hall–Kier alpha value is -0.610. The topological polar surface area (TPSA) is 44.4 Å². The first-order chi connectivity index (χ1) is 7.61. The van der Waals surface area contributed by atoms with Crippen molar-refractivity contribution in [2.24, 2.45) is 5.92 Å². The third-order valence-corrected chi connectivity index (χ3v) is 3.82. The number of nitrogens with one attached hydrogen (secondary N) is 2. The Balaban J connectivity index is 2.69. The number of rotatable bonds is 4. The molecule has 3 unspecified atom stereocenters. The molecule has 1 aliphatic heterocycles. The van der Waals surface area contributed by atoms with Crippen LogP contribution in [0.1, 0.15) is 27.2 Å². The van der Waals surface area contributed by atoms with Crippen LogP contribution >= 0.6 is 0 Å². The third kappa shape index (κ3) is 2.95. The highest BCUT2D eigenvalue weighted by atomic mass is 16.2. The van der Waals surface area contributed by atoms with Crippen molar-refractivity contribution >= 4 is 5.91 Å². The Morgan fingerprint density at radius 1 is 1.56 bits per heavy atom. The Kier molecular flexibility index (Phi) is 5.22. The molecule has 1 saturated heterocycles. The molecule has 0 aliphatic carbocycles. The minimum atomic E-state index is -0.0113. The lowest BCUT2D eigenvalue weighted by Crippen LogP contribution is -2.60. The van der Waals surface area contributed by atoms with Crippen molar-refractivity contribution in [3.05, 3.63) is 0 Å². The van der Waals surface area contributed by atoms with Gasteiger partial charge in [0.1, 0.15) is 6.04 Å². The van der Waals surface area contributed by atoms with Gasteiger partial charge in [0.2, 0.25) is 5.91 Å². The van der Waals surface area contributed by atoms with E-state index in [1.54, 1.807) is 7.05 Å². The van der Waals surface area contributed by atoms with Crippen molar-refractivity contribution in [2.45, 2.75) is 39.3 Å². The van der Waals surface area contributed by atoms with Gasteiger partial charge in [0.05, 0.1) is 0 Å². The van der Waals surface area contributed by atoms with Crippen LogP contribution in [0.15, 0.2) is 0 Å². The standard InChI is InChI=1S/C12H25N3O/c1-5-9(2)10(3)15-7-6-14-8-11(15)12(16)13-4/h9-11,14H,5-8H2,1-4H3,(H,13,16). The Labute approximate surface area is 98.8 Å². The predicted molar refractivity (Wildman–Crippen MR) is 66.3 cm³/mol. The summed E-state index contributed by atoms with van der Waals surface area (Å²) < 4.78 is 0. The van der Waals surface area contributed by atoms with Crippen LogP contribution < -0.4 is 10.6 Å². The van der Waals surface area contributed by atoms with Gasteiger partial charge in [0.25, 0.3) is 0 Å². The fourth-order valence-corrected chi connectivity index (χ4v) is 2.29. The highest BCUT2D eigenvalue weighted by Gasteiger charge is 2.32. The van der Waals surface area contributed by atoms with Gasteiger partial charge in [0.15, 0.2) is 0 Å². The molecule has 0 aromatic heterocycles. The highest BCUT2D eigenvalue weighted by molar-refractivity contribution is 5.81. The van der Waals surface area contributed by atoms with Gasteiger partial charge < -0.3 is 10.6 Å². The van der Waals surface area contributed by atoms with Gasteiger partial charge in [-0.3, -0.25) is 9.69 Å². The largest absolute Gasteiger partial charge is 0.358 e. The number of amides is 1. The molecule has 0 bridgehead atoms. The maximum atomic E-state index is 11.8. The summed E-state index contributed by atoms with van der Waals surface area (Å²) >= 11 is 0. The molecule has 1 amide bonds. The van der Waals surface area contributed by atoms with Gasteiger partial charge in [-0.1, -0.05) is 20.3 Å². The van der Waals surface area contributed by atoms with Crippen LogP contribution in [-0.2, 0) is 4.79 Å². The highest BCUT2D eigenvalue weighted by Crippen LogP contribution is 2.18. The maximum absolute atomic E-state index is 11.8. The minimum absolute atomic E-state index is 0.0113. The number of hydrogen-bond acceptors (Lipinski definition) is 3. The van der Waals surface area contributed by atoms with Crippen LogP contribution in [0.4, 0.5) is 0 Å². The van der Waals surface area contributed by atoms with E-state index in [1.165, 1.54) is 0 Å². The molecular weight excluding hydrogens is 202 g/mol. The average molecular weight is 227 g/mol. The van der Waals surface area contributed by atoms with Crippen molar-refractivity contribution < 1.29 is 4.79 Å². The molecule has 16 heavy (non-hydrogen) atoms. The molecule has 94 valence electrons. The monoisotopic (exact) mass is 227 g/mol. The van der Waals surface area contributed by atoms with Gasteiger partial charge in [0, 0.05) is 32.7 Å². The smallest absolute Gasteiger partial charge is 0.238 e. The fourth-order valence-electron chi connectivity index (χ4n) is 2.29. The Morgan fingerprint density at radius 3 is 2.81 bits per heavy atom. The van der Waals surface area contributed by atoms with Crippen molar-refractivity contribution in [3.8, 4) is 0 Å². The second-order valence-electron chi connectivity index (χ2n) is 4.70. The van der Waals surface area contributed by atoms with E-state index >= 15 is 0 Å². The van der Waals surface area contributed by atoms with E-state index in [2.05, 4.69) is 36.3 Å². The number of carbonyl (C=O) groups excluding carboxylic acids is 1. The SMILES string of the molecule is CCC(C)C(C)N1CCNCC1C(=O)NC.